The van der Waals surface area contributed by atoms with E-state index in [9.17, 15) is 9.00 Å². The van der Waals surface area contributed by atoms with Gasteiger partial charge in [-0.15, -0.1) is 11.3 Å². The summed E-state index contributed by atoms with van der Waals surface area (Å²) in [5.74, 6) is 1.16. The number of nitrogens with zero attached hydrogens (tertiary/aromatic N) is 2. The van der Waals surface area contributed by atoms with Crippen molar-refractivity contribution >= 4 is 33.9 Å². The van der Waals surface area contributed by atoms with E-state index in [4.69, 9.17) is 4.52 Å². The number of anilines is 1. The van der Waals surface area contributed by atoms with Gasteiger partial charge in [0.2, 0.25) is 5.91 Å². The number of hydrogen-bond acceptors (Lipinski definition) is 6. The fourth-order valence-electron chi connectivity index (χ4n) is 1.62. The van der Waals surface area contributed by atoms with E-state index in [1.54, 1.807) is 24.3 Å². The predicted octanol–water partition coefficient (Wildman–Crippen LogP) is 2.45. The van der Waals surface area contributed by atoms with Crippen LogP contribution in [0.4, 0.5) is 5.82 Å². The van der Waals surface area contributed by atoms with Crippen molar-refractivity contribution in [1.82, 2.24) is 10.1 Å². The number of amides is 1. The second-order valence-corrected chi connectivity index (χ2v) is 7.28. The molecular weight excluding hydrogens is 310 g/mol. The van der Waals surface area contributed by atoms with Crippen LogP contribution in [0.2, 0.25) is 0 Å². The third-order valence-corrected chi connectivity index (χ3v) is 4.96. The zero-order chi connectivity index (χ0) is 15.4. The monoisotopic (exact) mass is 327 g/mol. The first-order chi connectivity index (χ1) is 9.94. The summed E-state index contributed by atoms with van der Waals surface area (Å²) >= 11 is 1.56. The first-order valence-corrected chi connectivity index (χ1v) is 8.83. The number of aromatic nitrogens is 2. The molecule has 1 atom stereocenters. The Balaban J connectivity index is 1.84. The van der Waals surface area contributed by atoms with E-state index in [1.807, 2.05) is 5.38 Å². The molecule has 0 unspecified atom stereocenters. The van der Waals surface area contributed by atoms with Crippen LogP contribution in [-0.2, 0) is 21.3 Å². The molecule has 2 aromatic heterocycles. The number of carbonyl (C=O) groups is 1. The van der Waals surface area contributed by atoms with Crippen LogP contribution in [0.15, 0.2) is 16.0 Å². The Labute approximate surface area is 129 Å². The maximum Gasteiger partial charge on any atom is 0.238 e. The fraction of sp³-hybridized carbons (Fsp3) is 0.462. The number of hydrogen-bond donors (Lipinski definition) is 1. The molecule has 0 radical (unpaired) electrons. The zero-order valence-corrected chi connectivity index (χ0v) is 13.7. The van der Waals surface area contributed by atoms with Crippen molar-refractivity contribution in [2.45, 2.75) is 32.4 Å². The highest BCUT2D eigenvalue weighted by molar-refractivity contribution is 7.84. The van der Waals surface area contributed by atoms with Crippen molar-refractivity contribution in [3.63, 3.8) is 0 Å². The van der Waals surface area contributed by atoms with Crippen molar-refractivity contribution < 1.29 is 13.5 Å². The van der Waals surface area contributed by atoms with Gasteiger partial charge in [-0.05, 0) is 6.92 Å². The van der Waals surface area contributed by atoms with Crippen LogP contribution in [0.1, 0.15) is 36.2 Å². The SMILES string of the molecule is Cc1cc(NC(=O)C[S@@](=O)Cc2csc(C(C)C)n2)no1. The van der Waals surface area contributed by atoms with Gasteiger partial charge in [-0.25, -0.2) is 4.98 Å². The number of nitrogens with one attached hydrogen (secondary N) is 1. The largest absolute Gasteiger partial charge is 0.360 e. The van der Waals surface area contributed by atoms with Crippen LogP contribution in [-0.4, -0.2) is 26.0 Å². The highest BCUT2D eigenvalue weighted by Gasteiger charge is 2.13. The van der Waals surface area contributed by atoms with Gasteiger partial charge in [-0.3, -0.25) is 9.00 Å². The molecule has 1 amide bonds. The number of thiazole rings is 1. The van der Waals surface area contributed by atoms with Gasteiger partial charge in [0.15, 0.2) is 5.82 Å². The summed E-state index contributed by atoms with van der Waals surface area (Å²) < 4.78 is 16.8. The number of aryl methyl sites for hydroxylation is 1. The minimum absolute atomic E-state index is 0.0829. The molecule has 0 spiro atoms. The van der Waals surface area contributed by atoms with E-state index in [1.165, 1.54) is 0 Å². The molecule has 8 heteroatoms. The first kappa shape index (κ1) is 15.8. The van der Waals surface area contributed by atoms with Crippen LogP contribution in [0.3, 0.4) is 0 Å². The first-order valence-electron chi connectivity index (χ1n) is 6.46. The van der Waals surface area contributed by atoms with Crippen molar-refractivity contribution in [2.24, 2.45) is 0 Å². The van der Waals surface area contributed by atoms with Crippen LogP contribution < -0.4 is 5.32 Å². The molecule has 0 aliphatic rings. The molecule has 6 nitrogen and oxygen atoms in total. The van der Waals surface area contributed by atoms with E-state index in [2.05, 4.69) is 29.3 Å². The van der Waals surface area contributed by atoms with Gasteiger partial charge in [0.05, 0.1) is 16.5 Å². The Morgan fingerprint density at radius 1 is 1.52 bits per heavy atom. The van der Waals surface area contributed by atoms with Gasteiger partial charge in [-0.2, -0.15) is 0 Å². The second-order valence-electron chi connectivity index (χ2n) is 4.93. The average Bonchev–Trinajstić information content (AvgIpc) is 2.98. The molecule has 2 aromatic rings. The van der Waals surface area contributed by atoms with Crippen molar-refractivity contribution in [3.8, 4) is 0 Å². The second kappa shape index (κ2) is 6.95. The molecule has 0 aliphatic carbocycles. The third-order valence-electron chi connectivity index (χ3n) is 2.56. The lowest BCUT2D eigenvalue weighted by Crippen LogP contribution is -2.20. The maximum atomic E-state index is 12.0. The lowest BCUT2D eigenvalue weighted by atomic mass is 10.2. The van der Waals surface area contributed by atoms with Crippen LogP contribution in [0.25, 0.3) is 0 Å². The highest BCUT2D eigenvalue weighted by atomic mass is 32.2. The average molecular weight is 327 g/mol. The van der Waals surface area contributed by atoms with E-state index in [-0.39, 0.29) is 17.4 Å². The van der Waals surface area contributed by atoms with Gasteiger partial charge >= 0.3 is 0 Å². The van der Waals surface area contributed by atoms with Crippen molar-refractivity contribution in [1.29, 1.82) is 0 Å². The number of carbonyl (C=O) groups excluding carboxylic acids is 1. The van der Waals surface area contributed by atoms with Crippen molar-refractivity contribution in [2.75, 3.05) is 11.1 Å². The van der Waals surface area contributed by atoms with E-state index < -0.39 is 10.8 Å². The lowest BCUT2D eigenvalue weighted by molar-refractivity contribution is -0.113. The summed E-state index contributed by atoms with van der Waals surface area (Å²) in [6.45, 7) is 5.86. The Morgan fingerprint density at radius 2 is 2.29 bits per heavy atom. The maximum absolute atomic E-state index is 12.0. The molecule has 0 aliphatic heterocycles. The van der Waals surface area contributed by atoms with E-state index >= 15 is 0 Å². The molecule has 21 heavy (non-hydrogen) atoms. The summed E-state index contributed by atoms with van der Waals surface area (Å²) in [6, 6.07) is 1.61. The molecule has 0 saturated heterocycles. The summed E-state index contributed by atoms with van der Waals surface area (Å²) in [5, 5.41) is 9.11. The molecule has 2 heterocycles. The molecule has 0 bridgehead atoms. The smallest absolute Gasteiger partial charge is 0.238 e. The molecule has 114 valence electrons. The standard InChI is InChI=1S/C13H17N3O3S2/c1-8(2)13-14-10(5-20-13)6-21(18)7-12(17)15-11-4-9(3)19-16-11/h4-5,8H,6-7H2,1-3H3,(H,15,16,17)/t21-/m0/s1. The van der Waals surface area contributed by atoms with E-state index in [0.29, 0.717) is 17.5 Å². The van der Waals surface area contributed by atoms with Gasteiger partial charge < -0.3 is 9.84 Å². The Kier molecular flexibility index (Phi) is 5.24. The molecule has 1 N–H and O–H groups in total. The van der Waals surface area contributed by atoms with Crippen LogP contribution in [0, 0.1) is 6.92 Å². The summed E-state index contributed by atoms with van der Waals surface area (Å²) in [5.41, 5.74) is 0.770. The summed E-state index contributed by atoms with van der Waals surface area (Å²) in [7, 11) is -1.29. The fourth-order valence-corrected chi connectivity index (χ4v) is 3.51. The molecule has 0 aromatic carbocycles. The molecule has 0 saturated carbocycles. The minimum atomic E-state index is -1.29. The predicted molar refractivity (Wildman–Crippen MR) is 82.8 cm³/mol. The molecule has 2 rings (SSSR count). The lowest BCUT2D eigenvalue weighted by Gasteiger charge is -2.01. The molecule has 0 fully saturated rings. The summed E-state index contributed by atoms with van der Waals surface area (Å²) in [4.78, 5) is 16.1. The van der Waals surface area contributed by atoms with Gasteiger partial charge in [0.1, 0.15) is 11.5 Å². The van der Waals surface area contributed by atoms with E-state index in [0.717, 1.165) is 10.7 Å². The Hall–Kier alpha value is -1.54. The quantitative estimate of drug-likeness (QED) is 0.881. The number of rotatable bonds is 6. The zero-order valence-electron chi connectivity index (χ0n) is 12.1. The van der Waals surface area contributed by atoms with Gasteiger partial charge in [0, 0.05) is 28.2 Å². The van der Waals surface area contributed by atoms with Gasteiger partial charge in [0.25, 0.3) is 0 Å². The molecular formula is C13H17N3O3S2. The summed E-state index contributed by atoms with van der Waals surface area (Å²) in [6.07, 6.45) is 0. The van der Waals surface area contributed by atoms with Gasteiger partial charge in [-0.1, -0.05) is 19.0 Å². The van der Waals surface area contributed by atoms with Crippen LogP contribution >= 0.6 is 11.3 Å². The Bertz CT molecular complexity index is 649. The van der Waals surface area contributed by atoms with Crippen molar-refractivity contribution in [3.05, 3.63) is 27.9 Å². The Morgan fingerprint density at radius 3 is 2.86 bits per heavy atom. The topological polar surface area (TPSA) is 85.1 Å². The minimum Gasteiger partial charge on any atom is -0.360 e. The normalized spacial score (nSPS) is 12.6. The highest BCUT2D eigenvalue weighted by Crippen LogP contribution is 2.19. The van der Waals surface area contributed by atoms with Crippen LogP contribution in [0.5, 0.6) is 0 Å². The third kappa shape index (κ3) is 4.75.